The molecule has 1 aromatic carbocycles. The van der Waals surface area contributed by atoms with Crippen molar-refractivity contribution in [3.05, 3.63) is 35.1 Å². The van der Waals surface area contributed by atoms with Crippen LogP contribution in [0.1, 0.15) is 24.0 Å². The third kappa shape index (κ3) is 4.44. The molecule has 0 radical (unpaired) electrons. The van der Waals surface area contributed by atoms with Crippen molar-refractivity contribution in [1.82, 2.24) is 9.80 Å². The van der Waals surface area contributed by atoms with Gasteiger partial charge in [-0.1, -0.05) is 6.07 Å². The Bertz CT molecular complexity index is 826. The van der Waals surface area contributed by atoms with Gasteiger partial charge in [0, 0.05) is 25.4 Å². The van der Waals surface area contributed by atoms with Gasteiger partial charge in [0.15, 0.2) is 5.78 Å². The maximum atomic E-state index is 13.6. The number of ketones is 1. The first-order valence-corrected chi connectivity index (χ1v) is 9.85. The highest BCUT2D eigenvalue weighted by atomic mass is 19.4. The van der Waals surface area contributed by atoms with Gasteiger partial charge in [0.05, 0.1) is 37.5 Å². The van der Waals surface area contributed by atoms with Crippen molar-refractivity contribution in [3.63, 3.8) is 0 Å². The average molecular weight is 430 g/mol. The lowest BCUT2D eigenvalue weighted by atomic mass is 9.88. The number of alkyl halides is 3. The molecule has 0 unspecified atom stereocenters. The van der Waals surface area contributed by atoms with Gasteiger partial charge in [-0.3, -0.25) is 4.79 Å². The molecule has 4 rings (SSSR count). The van der Waals surface area contributed by atoms with E-state index in [0.717, 1.165) is 6.07 Å². The van der Waals surface area contributed by atoms with Crippen LogP contribution in [-0.2, 0) is 27.1 Å². The molecule has 164 valence electrons. The highest BCUT2D eigenvalue weighted by molar-refractivity contribution is 5.81. The van der Waals surface area contributed by atoms with E-state index in [4.69, 9.17) is 9.47 Å². The Morgan fingerprint density at radius 3 is 2.67 bits per heavy atom. The number of carbonyl (C=O) groups is 2. The zero-order chi connectivity index (χ0) is 21.5. The molecule has 3 fully saturated rings. The van der Waals surface area contributed by atoms with E-state index in [1.165, 1.54) is 6.07 Å². The summed E-state index contributed by atoms with van der Waals surface area (Å²) < 4.78 is 62.6. The Hall–Kier alpha value is -2.20. The van der Waals surface area contributed by atoms with Crippen LogP contribution in [0.4, 0.5) is 22.4 Å². The van der Waals surface area contributed by atoms with Crippen molar-refractivity contribution < 1.29 is 36.6 Å². The number of piperidine rings is 1. The number of amides is 2. The molecule has 30 heavy (non-hydrogen) atoms. The minimum atomic E-state index is -4.73. The fraction of sp³-hybridized carbons (Fsp3) is 0.600. The number of Topliss-reactive ketones (excluding diaryl/α,β-unsaturated/α-hetero) is 1. The summed E-state index contributed by atoms with van der Waals surface area (Å²) in [6, 6.07) is 2.59. The number of halogens is 4. The van der Waals surface area contributed by atoms with Crippen molar-refractivity contribution in [2.24, 2.45) is 5.92 Å². The lowest BCUT2D eigenvalue weighted by Crippen LogP contribution is -2.61. The number of urea groups is 1. The zero-order valence-corrected chi connectivity index (χ0v) is 16.2. The van der Waals surface area contributed by atoms with Crippen LogP contribution in [0.15, 0.2) is 18.2 Å². The molecule has 3 aliphatic heterocycles. The van der Waals surface area contributed by atoms with Gasteiger partial charge in [0.25, 0.3) is 0 Å². The first-order chi connectivity index (χ1) is 14.2. The second-order valence-corrected chi connectivity index (χ2v) is 8.02. The van der Waals surface area contributed by atoms with Crippen LogP contribution in [0, 0.1) is 11.7 Å². The van der Waals surface area contributed by atoms with Gasteiger partial charge >= 0.3 is 12.2 Å². The predicted octanol–water partition coefficient (Wildman–Crippen LogP) is 2.85. The Balaban J connectivity index is 1.23. The molecule has 3 saturated heterocycles. The van der Waals surface area contributed by atoms with E-state index >= 15 is 0 Å². The molecule has 0 N–H and O–H groups in total. The Kier molecular flexibility index (Phi) is 5.71. The standard InChI is InChI=1S/C20H22F4N2O4/c21-17-5-12(1-2-16(17)20(22,23)24)10-29-15-8-26(9-15)19(28)25-4-3-18-13(7-25)6-14(27)11-30-18/h1-2,5,13,15,18H,3-4,6-11H2/t13-,18+/m1/s1. The highest BCUT2D eigenvalue weighted by Crippen LogP contribution is 2.32. The highest BCUT2D eigenvalue weighted by Gasteiger charge is 2.40. The molecule has 1 aromatic rings. The van der Waals surface area contributed by atoms with Gasteiger partial charge in [0.2, 0.25) is 0 Å². The van der Waals surface area contributed by atoms with Crippen molar-refractivity contribution >= 4 is 11.8 Å². The van der Waals surface area contributed by atoms with E-state index in [1.807, 2.05) is 0 Å². The van der Waals surface area contributed by atoms with Gasteiger partial charge in [-0.2, -0.15) is 13.2 Å². The summed E-state index contributed by atoms with van der Waals surface area (Å²) >= 11 is 0. The predicted molar refractivity (Wildman–Crippen MR) is 96.0 cm³/mol. The fourth-order valence-corrected chi connectivity index (χ4v) is 4.14. The van der Waals surface area contributed by atoms with E-state index in [0.29, 0.717) is 50.7 Å². The molecule has 10 heteroatoms. The number of hydrogen-bond donors (Lipinski definition) is 0. The third-order valence-corrected chi connectivity index (χ3v) is 5.83. The zero-order valence-electron chi connectivity index (χ0n) is 16.2. The van der Waals surface area contributed by atoms with Crippen molar-refractivity contribution in [3.8, 4) is 0 Å². The van der Waals surface area contributed by atoms with Gasteiger partial charge in [-0.25, -0.2) is 9.18 Å². The summed E-state index contributed by atoms with van der Waals surface area (Å²) in [5, 5.41) is 0. The van der Waals surface area contributed by atoms with Crippen LogP contribution >= 0.6 is 0 Å². The second kappa shape index (κ2) is 8.14. The first-order valence-electron chi connectivity index (χ1n) is 9.85. The van der Waals surface area contributed by atoms with Crippen molar-refractivity contribution in [2.75, 3.05) is 32.8 Å². The molecule has 0 saturated carbocycles. The smallest absolute Gasteiger partial charge is 0.370 e. The number of likely N-dealkylation sites (tertiary alicyclic amines) is 2. The average Bonchev–Trinajstić information content (AvgIpc) is 2.65. The quantitative estimate of drug-likeness (QED) is 0.692. The monoisotopic (exact) mass is 430 g/mol. The first kappa shape index (κ1) is 21.0. The number of ether oxygens (including phenoxy) is 2. The molecule has 3 aliphatic rings. The minimum Gasteiger partial charge on any atom is -0.370 e. The van der Waals surface area contributed by atoms with Crippen LogP contribution in [0.5, 0.6) is 0 Å². The van der Waals surface area contributed by atoms with Gasteiger partial charge in [-0.15, -0.1) is 0 Å². The van der Waals surface area contributed by atoms with Crippen molar-refractivity contribution in [1.29, 1.82) is 0 Å². The lowest BCUT2D eigenvalue weighted by Gasteiger charge is -2.45. The molecule has 0 bridgehead atoms. The maximum absolute atomic E-state index is 13.6. The molecule has 2 atom stereocenters. The number of carbonyl (C=O) groups excluding carboxylic acids is 2. The third-order valence-electron chi connectivity index (χ3n) is 5.83. The Labute approximate surface area is 170 Å². The van der Waals surface area contributed by atoms with Crippen LogP contribution in [0.25, 0.3) is 0 Å². The maximum Gasteiger partial charge on any atom is 0.419 e. The Morgan fingerprint density at radius 1 is 1.20 bits per heavy atom. The largest absolute Gasteiger partial charge is 0.419 e. The summed E-state index contributed by atoms with van der Waals surface area (Å²) in [6.45, 7) is 1.91. The van der Waals surface area contributed by atoms with Gasteiger partial charge in [-0.05, 0) is 24.1 Å². The van der Waals surface area contributed by atoms with E-state index in [9.17, 15) is 27.2 Å². The summed E-state index contributed by atoms with van der Waals surface area (Å²) in [6.07, 6.45) is -3.82. The second-order valence-electron chi connectivity index (χ2n) is 8.02. The van der Waals surface area contributed by atoms with Crippen LogP contribution in [0.3, 0.4) is 0 Å². The molecule has 2 amide bonds. The molecule has 0 spiro atoms. The Morgan fingerprint density at radius 2 is 1.97 bits per heavy atom. The number of hydrogen-bond acceptors (Lipinski definition) is 4. The number of benzene rings is 1. The van der Waals surface area contributed by atoms with E-state index in [2.05, 4.69) is 0 Å². The van der Waals surface area contributed by atoms with E-state index in [-0.39, 0.29) is 43.2 Å². The normalized spacial score (nSPS) is 25.1. The summed E-state index contributed by atoms with van der Waals surface area (Å²) in [4.78, 5) is 27.6. The SMILES string of the molecule is O=C1CO[C@H]2CCN(C(=O)N3CC(OCc4ccc(C(F)(F)F)c(F)c4)C3)C[C@H]2C1. The van der Waals surface area contributed by atoms with Crippen molar-refractivity contribution in [2.45, 2.75) is 37.8 Å². The number of rotatable bonds is 3. The molecule has 0 aliphatic carbocycles. The lowest BCUT2D eigenvalue weighted by molar-refractivity contribution is -0.140. The van der Waals surface area contributed by atoms with Crippen LogP contribution in [0.2, 0.25) is 0 Å². The van der Waals surface area contributed by atoms with Crippen LogP contribution < -0.4 is 0 Å². The van der Waals surface area contributed by atoms with E-state index in [1.54, 1.807) is 9.80 Å². The molecule has 3 heterocycles. The van der Waals surface area contributed by atoms with Crippen LogP contribution in [-0.4, -0.2) is 66.6 Å². The van der Waals surface area contributed by atoms with Gasteiger partial charge < -0.3 is 19.3 Å². The van der Waals surface area contributed by atoms with E-state index < -0.39 is 17.6 Å². The number of nitrogens with zero attached hydrogens (tertiary/aromatic N) is 2. The van der Waals surface area contributed by atoms with Gasteiger partial charge in [0.1, 0.15) is 12.4 Å². The molecular formula is C20H22F4N2O4. The summed E-state index contributed by atoms with van der Waals surface area (Å²) in [5.41, 5.74) is -1.00. The minimum absolute atomic E-state index is 0.0309. The molecule has 6 nitrogen and oxygen atoms in total. The summed E-state index contributed by atoms with van der Waals surface area (Å²) in [5.74, 6) is -1.24. The molecular weight excluding hydrogens is 408 g/mol. The molecule has 0 aromatic heterocycles. The topological polar surface area (TPSA) is 59.1 Å². The summed E-state index contributed by atoms with van der Waals surface area (Å²) in [7, 11) is 0. The fourth-order valence-electron chi connectivity index (χ4n) is 4.14. The number of fused-ring (bicyclic) bond motifs is 1.